The van der Waals surface area contributed by atoms with Crippen molar-refractivity contribution in [2.45, 2.75) is 66.8 Å². The van der Waals surface area contributed by atoms with Crippen LogP contribution < -0.4 is 9.47 Å². The lowest BCUT2D eigenvalue weighted by Crippen LogP contribution is -2.20. The maximum absolute atomic E-state index is 10.4. The number of hydrogen-bond acceptors (Lipinski definition) is 4. The highest BCUT2D eigenvalue weighted by Crippen LogP contribution is 2.47. The van der Waals surface area contributed by atoms with E-state index in [9.17, 15) is 5.26 Å². The maximum Gasteiger partial charge on any atom is 0.161 e. The van der Waals surface area contributed by atoms with Crippen LogP contribution >= 0.6 is 27.7 Å². The number of benzene rings is 2. The molecule has 2 aromatic rings. The minimum atomic E-state index is -0.679. The smallest absolute Gasteiger partial charge is 0.161 e. The van der Waals surface area contributed by atoms with Crippen LogP contribution in [0.1, 0.15) is 56.6 Å². The fourth-order valence-corrected chi connectivity index (χ4v) is 5.48. The molecule has 0 heterocycles. The number of ether oxygens (including phenoxy) is 2. The molecule has 3 nitrogen and oxygen atoms in total. The van der Waals surface area contributed by atoms with E-state index in [1.54, 1.807) is 26.0 Å². The Morgan fingerprint density at radius 1 is 1.03 bits per heavy atom. The van der Waals surface area contributed by atoms with Crippen molar-refractivity contribution in [1.29, 1.82) is 5.26 Å². The minimum Gasteiger partial charge on any atom is -0.493 e. The quantitative estimate of drug-likeness (QED) is 0.174. The van der Waals surface area contributed by atoms with E-state index >= 15 is 0 Å². The molecule has 0 aliphatic heterocycles. The Morgan fingerprint density at radius 2 is 1.73 bits per heavy atom. The van der Waals surface area contributed by atoms with Crippen LogP contribution in [0.25, 0.3) is 0 Å². The van der Waals surface area contributed by atoms with Crippen LogP contribution in [-0.2, 0) is 4.75 Å². The third kappa shape index (κ3) is 6.68. The zero-order valence-electron chi connectivity index (χ0n) is 18.4. The molecule has 0 spiro atoms. The van der Waals surface area contributed by atoms with E-state index in [0.29, 0.717) is 16.3 Å². The number of rotatable bonds is 12. The summed E-state index contributed by atoms with van der Waals surface area (Å²) < 4.78 is 10.2. The summed E-state index contributed by atoms with van der Waals surface area (Å²) in [6.45, 7) is 4.29. The van der Waals surface area contributed by atoms with Gasteiger partial charge < -0.3 is 9.47 Å². The first-order valence-corrected chi connectivity index (χ1v) is 12.2. The Hall–Kier alpha value is -1.64. The lowest BCUT2D eigenvalue weighted by Gasteiger charge is -2.28. The van der Waals surface area contributed by atoms with E-state index in [1.807, 2.05) is 18.2 Å². The second kappa shape index (κ2) is 12.3. The predicted molar refractivity (Wildman–Crippen MR) is 130 cm³/mol. The molecule has 0 bridgehead atoms. The van der Waals surface area contributed by atoms with E-state index in [0.717, 1.165) is 36.1 Å². The number of halogens is 1. The van der Waals surface area contributed by atoms with Crippen molar-refractivity contribution >= 4 is 27.7 Å². The third-order valence-electron chi connectivity index (χ3n) is 5.24. The monoisotopic (exact) mass is 489 g/mol. The van der Waals surface area contributed by atoms with Crippen LogP contribution in [0.3, 0.4) is 0 Å². The fraction of sp³-hybridized carbons (Fsp3) is 0.480. The predicted octanol–water partition coefficient (Wildman–Crippen LogP) is 7.65. The zero-order chi connectivity index (χ0) is 22.0. The van der Waals surface area contributed by atoms with Gasteiger partial charge >= 0.3 is 0 Å². The maximum atomic E-state index is 10.4. The minimum absolute atomic E-state index is 0.560. The van der Waals surface area contributed by atoms with Crippen LogP contribution in [0.4, 0.5) is 0 Å². The number of aryl methyl sites for hydroxylation is 1. The molecular weight excluding hydrogens is 458 g/mol. The first kappa shape index (κ1) is 24.6. The average molecular weight is 491 g/mol. The molecule has 0 N–H and O–H groups in total. The summed E-state index contributed by atoms with van der Waals surface area (Å²) in [5.74, 6) is 1.33. The van der Waals surface area contributed by atoms with Crippen molar-refractivity contribution < 1.29 is 9.47 Å². The summed E-state index contributed by atoms with van der Waals surface area (Å²) in [4.78, 5) is 1.66. The molecule has 162 valence electrons. The van der Waals surface area contributed by atoms with Crippen LogP contribution in [0, 0.1) is 18.3 Å². The molecule has 5 heteroatoms. The zero-order valence-corrected chi connectivity index (χ0v) is 20.8. The number of thioether (sulfide) groups is 1. The van der Waals surface area contributed by atoms with Gasteiger partial charge in [-0.1, -0.05) is 77.6 Å². The molecule has 0 fully saturated rings. The number of nitriles is 1. The highest BCUT2D eigenvalue weighted by molar-refractivity contribution is 9.09. The van der Waals surface area contributed by atoms with Gasteiger partial charge in [-0.15, -0.1) is 0 Å². The molecule has 30 heavy (non-hydrogen) atoms. The Labute approximate surface area is 194 Å². The van der Waals surface area contributed by atoms with Gasteiger partial charge in [0.2, 0.25) is 0 Å². The Balaban J connectivity index is 2.30. The number of methoxy groups -OCH3 is 2. The highest BCUT2D eigenvalue weighted by Gasteiger charge is 2.34. The Kier molecular flexibility index (Phi) is 10.1. The van der Waals surface area contributed by atoms with E-state index in [4.69, 9.17) is 9.47 Å². The second-order valence-electron chi connectivity index (χ2n) is 7.56. The van der Waals surface area contributed by atoms with E-state index < -0.39 is 4.75 Å². The van der Waals surface area contributed by atoms with Crippen molar-refractivity contribution in [2.75, 3.05) is 14.2 Å². The molecular formula is C25H32BrNO2S. The molecule has 2 atom stereocenters. The van der Waals surface area contributed by atoms with E-state index in [2.05, 4.69) is 60.1 Å². The van der Waals surface area contributed by atoms with E-state index in [-0.39, 0.29) is 0 Å². The van der Waals surface area contributed by atoms with Gasteiger partial charge in [0, 0.05) is 9.72 Å². The molecule has 2 aromatic carbocycles. The third-order valence-corrected chi connectivity index (χ3v) is 7.54. The number of nitrogens with zero attached hydrogens (tertiary/aromatic N) is 1. The Bertz CT molecular complexity index is 834. The first-order valence-electron chi connectivity index (χ1n) is 10.5. The summed E-state index contributed by atoms with van der Waals surface area (Å²) in [5.41, 5.74) is 2.17. The van der Waals surface area contributed by atoms with Crippen molar-refractivity contribution in [1.82, 2.24) is 0 Å². The van der Waals surface area contributed by atoms with Crippen molar-refractivity contribution in [3.63, 3.8) is 0 Å². The standard InChI is InChI=1S/C25H32BrNO2S/c1-5-8-21(26)9-6-7-16-25(18-27,30-22-13-10-19(2)11-14-22)20-12-15-23(28-3)24(17-20)29-4/h10-15,17,21H,5-9,16H2,1-4H3. The van der Waals surface area contributed by atoms with Gasteiger partial charge in [0.05, 0.1) is 20.3 Å². The van der Waals surface area contributed by atoms with Crippen LogP contribution in [0.15, 0.2) is 47.4 Å². The number of unbranched alkanes of at least 4 members (excludes halogenated alkanes) is 1. The summed E-state index contributed by atoms with van der Waals surface area (Å²) in [6, 6.07) is 16.9. The van der Waals surface area contributed by atoms with Gasteiger partial charge in [-0.2, -0.15) is 5.26 Å². The number of hydrogen-bond donors (Lipinski definition) is 0. The van der Waals surface area contributed by atoms with Gasteiger partial charge in [-0.3, -0.25) is 0 Å². The normalized spacial score (nSPS) is 13.9. The molecule has 2 unspecified atom stereocenters. The largest absolute Gasteiger partial charge is 0.493 e. The van der Waals surface area contributed by atoms with Crippen molar-refractivity contribution in [2.24, 2.45) is 0 Å². The van der Waals surface area contributed by atoms with Gasteiger partial charge in [0.25, 0.3) is 0 Å². The summed E-state index contributed by atoms with van der Waals surface area (Å²) in [5, 5.41) is 10.4. The molecule has 0 aliphatic carbocycles. The van der Waals surface area contributed by atoms with Gasteiger partial charge in [0.15, 0.2) is 11.5 Å². The molecule has 0 saturated carbocycles. The van der Waals surface area contributed by atoms with Crippen LogP contribution in [0.5, 0.6) is 11.5 Å². The lowest BCUT2D eigenvalue weighted by atomic mass is 9.92. The fourth-order valence-electron chi connectivity index (χ4n) is 3.49. The molecule has 0 aliphatic rings. The van der Waals surface area contributed by atoms with Crippen molar-refractivity contribution in [3.05, 3.63) is 53.6 Å². The van der Waals surface area contributed by atoms with Crippen molar-refractivity contribution in [3.8, 4) is 17.6 Å². The molecule has 0 saturated heterocycles. The molecule has 2 rings (SSSR count). The van der Waals surface area contributed by atoms with Crippen LogP contribution in [0.2, 0.25) is 0 Å². The topological polar surface area (TPSA) is 42.2 Å². The van der Waals surface area contributed by atoms with Gasteiger partial charge in [0.1, 0.15) is 4.75 Å². The number of alkyl halides is 1. The average Bonchev–Trinajstić information content (AvgIpc) is 2.77. The highest BCUT2D eigenvalue weighted by atomic mass is 79.9. The van der Waals surface area contributed by atoms with Crippen LogP contribution in [-0.4, -0.2) is 19.0 Å². The summed E-state index contributed by atoms with van der Waals surface area (Å²) in [6.07, 6.45) is 6.39. The van der Waals surface area contributed by atoms with E-state index in [1.165, 1.54) is 18.4 Å². The summed E-state index contributed by atoms with van der Waals surface area (Å²) in [7, 11) is 3.26. The second-order valence-corrected chi connectivity index (χ2v) is 10.2. The van der Waals surface area contributed by atoms with Gasteiger partial charge in [-0.25, -0.2) is 0 Å². The summed E-state index contributed by atoms with van der Waals surface area (Å²) >= 11 is 5.41. The molecule has 0 aromatic heterocycles. The lowest BCUT2D eigenvalue weighted by molar-refractivity contribution is 0.354. The SMILES string of the molecule is CCCC(Br)CCCCC(C#N)(Sc1ccc(C)cc1)c1ccc(OC)c(OC)c1. The molecule has 0 radical (unpaired) electrons. The Morgan fingerprint density at radius 3 is 2.33 bits per heavy atom. The van der Waals surface area contributed by atoms with Gasteiger partial charge in [-0.05, 0) is 56.0 Å². The first-order chi connectivity index (χ1) is 14.5. The molecule has 0 amide bonds.